The SMILES string of the molecule is Cn1c(CN2CCC[C@@H]2c2ccsc2)nc2cc(Cl)ccc21. The number of imidazole rings is 1. The molecule has 22 heavy (non-hydrogen) atoms. The van der Waals surface area contributed by atoms with Gasteiger partial charge in [-0.25, -0.2) is 4.98 Å². The van der Waals surface area contributed by atoms with Gasteiger partial charge in [0.15, 0.2) is 0 Å². The molecule has 1 atom stereocenters. The summed E-state index contributed by atoms with van der Waals surface area (Å²) in [5, 5.41) is 5.19. The van der Waals surface area contributed by atoms with Gasteiger partial charge >= 0.3 is 0 Å². The van der Waals surface area contributed by atoms with Gasteiger partial charge in [-0.2, -0.15) is 11.3 Å². The highest BCUT2D eigenvalue weighted by molar-refractivity contribution is 7.07. The molecule has 1 aliphatic heterocycles. The highest BCUT2D eigenvalue weighted by Gasteiger charge is 2.27. The zero-order valence-electron chi connectivity index (χ0n) is 12.5. The minimum Gasteiger partial charge on any atom is -0.330 e. The van der Waals surface area contributed by atoms with Crippen LogP contribution in [0, 0.1) is 0 Å². The second-order valence-electron chi connectivity index (χ2n) is 5.91. The number of halogens is 1. The molecule has 2 aromatic heterocycles. The molecule has 0 aliphatic carbocycles. The van der Waals surface area contributed by atoms with E-state index >= 15 is 0 Å². The van der Waals surface area contributed by atoms with E-state index in [1.165, 1.54) is 18.4 Å². The summed E-state index contributed by atoms with van der Waals surface area (Å²) in [5.74, 6) is 1.11. The smallest absolute Gasteiger partial charge is 0.123 e. The quantitative estimate of drug-likeness (QED) is 0.698. The van der Waals surface area contributed by atoms with Crippen molar-refractivity contribution in [1.82, 2.24) is 14.5 Å². The first-order valence-electron chi connectivity index (χ1n) is 7.59. The third kappa shape index (κ3) is 2.45. The molecule has 0 N–H and O–H groups in total. The number of hydrogen-bond acceptors (Lipinski definition) is 3. The van der Waals surface area contributed by atoms with Crippen molar-refractivity contribution in [2.24, 2.45) is 7.05 Å². The third-order valence-corrected chi connectivity index (χ3v) is 5.51. The highest BCUT2D eigenvalue weighted by Crippen LogP contribution is 2.34. The van der Waals surface area contributed by atoms with E-state index in [-0.39, 0.29) is 0 Å². The van der Waals surface area contributed by atoms with Crippen molar-refractivity contribution in [1.29, 1.82) is 0 Å². The van der Waals surface area contributed by atoms with Crippen LogP contribution in [0.25, 0.3) is 11.0 Å². The summed E-state index contributed by atoms with van der Waals surface area (Å²) >= 11 is 7.86. The Balaban J connectivity index is 1.64. The van der Waals surface area contributed by atoms with Crippen LogP contribution in [0.4, 0.5) is 0 Å². The number of hydrogen-bond donors (Lipinski definition) is 0. The lowest BCUT2D eigenvalue weighted by molar-refractivity contribution is 0.241. The molecule has 114 valence electrons. The van der Waals surface area contributed by atoms with E-state index in [9.17, 15) is 0 Å². The van der Waals surface area contributed by atoms with Crippen molar-refractivity contribution in [2.75, 3.05) is 6.54 Å². The Kier molecular flexibility index (Phi) is 3.68. The lowest BCUT2D eigenvalue weighted by Crippen LogP contribution is -2.24. The predicted molar refractivity (Wildman–Crippen MR) is 92.4 cm³/mol. The van der Waals surface area contributed by atoms with Gasteiger partial charge in [-0.05, 0) is 60.0 Å². The van der Waals surface area contributed by atoms with Crippen LogP contribution in [0.1, 0.15) is 30.3 Å². The van der Waals surface area contributed by atoms with E-state index in [1.807, 2.05) is 12.1 Å². The van der Waals surface area contributed by atoms with Crippen molar-refractivity contribution in [3.63, 3.8) is 0 Å². The molecule has 5 heteroatoms. The maximum atomic E-state index is 6.08. The summed E-state index contributed by atoms with van der Waals surface area (Å²) in [6, 6.07) is 8.71. The Bertz CT molecular complexity index is 794. The molecule has 1 aromatic carbocycles. The highest BCUT2D eigenvalue weighted by atomic mass is 35.5. The van der Waals surface area contributed by atoms with Crippen molar-refractivity contribution in [3.05, 3.63) is 51.4 Å². The van der Waals surface area contributed by atoms with Gasteiger partial charge in [0.05, 0.1) is 17.6 Å². The van der Waals surface area contributed by atoms with Gasteiger partial charge in [-0.1, -0.05) is 11.6 Å². The normalized spacial score (nSPS) is 19.3. The maximum absolute atomic E-state index is 6.08. The van der Waals surface area contributed by atoms with Crippen molar-refractivity contribution < 1.29 is 0 Å². The van der Waals surface area contributed by atoms with Gasteiger partial charge in [-0.3, -0.25) is 4.90 Å². The number of fused-ring (bicyclic) bond motifs is 1. The van der Waals surface area contributed by atoms with E-state index in [0.717, 1.165) is 35.0 Å². The van der Waals surface area contributed by atoms with E-state index in [4.69, 9.17) is 16.6 Å². The minimum absolute atomic E-state index is 0.537. The summed E-state index contributed by atoms with van der Waals surface area (Å²) < 4.78 is 2.19. The third-order valence-electron chi connectivity index (χ3n) is 4.57. The zero-order valence-corrected chi connectivity index (χ0v) is 14.1. The lowest BCUT2D eigenvalue weighted by atomic mass is 10.1. The molecule has 1 saturated heterocycles. The molecule has 3 heterocycles. The minimum atomic E-state index is 0.537. The average Bonchev–Trinajstić information content (AvgIpc) is 3.21. The van der Waals surface area contributed by atoms with E-state index in [0.29, 0.717) is 6.04 Å². The molecule has 0 radical (unpaired) electrons. The Morgan fingerprint density at radius 3 is 3.09 bits per heavy atom. The second kappa shape index (κ2) is 5.69. The van der Waals surface area contributed by atoms with Gasteiger partial charge < -0.3 is 4.57 Å². The first kappa shape index (κ1) is 14.2. The summed E-state index contributed by atoms with van der Waals surface area (Å²) in [6.45, 7) is 2.04. The van der Waals surface area contributed by atoms with E-state index < -0.39 is 0 Å². The fourth-order valence-corrected chi connectivity index (χ4v) is 4.28. The Labute approximate surface area is 139 Å². The summed E-state index contributed by atoms with van der Waals surface area (Å²) in [7, 11) is 2.09. The molecule has 3 aromatic rings. The van der Waals surface area contributed by atoms with Crippen LogP contribution < -0.4 is 0 Å². The number of nitrogens with zero attached hydrogens (tertiary/aromatic N) is 3. The number of aryl methyl sites for hydroxylation is 1. The first-order valence-corrected chi connectivity index (χ1v) is 8.91. The van der Waals surface area contributed by atoms with Crippen LogP contribution in [0.3, 0.4) is 0 Å². The molecule has 1 fully saturated rings. The van der Waals surface area contributed by atoms with Gasteiger partial charge in [0.1, 0.15) is 5.82 Å². The largest absolute Gasteiger partial charge is 0.330 e. The van der Waals surface area contributed by atoms with Crippen molar-refractivity contribution in [3.8, 4) is 0 Å². The molecule has 1 aliphatic rings. The molecule has 0 amide bonds. The number of thiophene rings is 1. The maximum Gasteiger partial charge on any atom is 0.123 e. The van der Waals surface area contributed by atoms with Crippen molar-refractivity contribution >= 4 is 34.0 Å². The Hall–Kier alpha value is -1.36. The van der Waals surface area contributed by atoms with E-state index in [1.54, 1.807) is 11.3 Å². The standard InChI is InChI=1S/C17H18ClN3S/c1-20-16-5-4-13(18)9-14(16)19-17(20)10-21-7-2-3-15(21)12-6-8-22-11-12/h4-6,8-9,11,15H,2-3,7,10H2,1H3/t15-/m1/s1. The molecular weight excluding hydrogens is 314 g/mol. The van der Waals surface area contributed by atoms with Crippen LogP contribution in [-0.4, -0.2) is 21.0 Å². The molecule has 0 spiro atoms. The molecule has 0 saturated carbocycles. The zero-order chi connectivity index (χ0) is 15.1. The van der Waals surface area contributed by atoms with Gasteiger partial charge in [-0.15, -0.1) is 0 Å². The number of benzene rings is 1. The fourth-order valence-electron chi connectivity index (χ4n) is 3.40. The lowest BCUT2D eigenvalue weighted by Gasteiger charge is -2.23. The monoisotopic (exact) mass is 331 g/mol. The summed E-state index contributed by atoms with van der Waals surface area (Å²) in [4.78, 5) is 7.34. The molecule has 0 bridgehead atoms. The first-order chi connectivity index (χ1) is 10.7. The van der Waals surface area contributed by atoms with Gasteiger partial charge in [0.2, 0.25) is 0 Å². The van der Waals surface area contributed by atoms with Gasteiger partial charge in [0.25, 0.3) is 0 Å². The van der Waals surface area contributed by atoms with Gasteiger partial charge in [0, 0.05) is 18.1 Å². The number of aromatic nitrogens is 2. The number of likely N-dealkylation sites (tertiary alicyclic amines) is 1. The van der Waals surface area contributed by atoms with Crippen LogP contribution in [-0.2, 0) is 13.6 Å². The topological polar surface area (TPSA) is 21.1 Å². The summed E-state index contributed by atoms with van der Waals surface area (Å²) in [5.41, 5.74) is 3.58. The van der Waals surface area contributed by atoms with Crippen LogP contribution in [0.5, 0.6) is 0 Å². The fraction of sp³-hybridized carbons (Fsp3) is 0.353. The second-order valence-corrected chi connectivity index (χ2v) is 7.12. The Morgan fingerprint density at radius 2 is 2.27 bits per heavy atom. The number of rotatable bonds is 3. The average molecular weight is 332 g/mol. The molecular formula is C17H18ClN3S. The van der Waals surface area contributed by atoms with E-state index in [2.05, 4.69) is 39.4 Å². The molecule has 4 rings (SSSR count). The van der Waals surface area contributed by atoms with Crippen LogP contribution in [0.2, 0.25) is 5.02 Å². The summed E-state index contributed by atoms with van der Waals surface area (Å²) in [6.07, 6.45) is 2.50. The van der Waals surface area contributed by atoms with Crippen LogP contribution in [0.15, 0.2) is 35.0 Å². The van der Waals surface area contributed by atoms with Crippen molar-refractivity contribution in [2.45, 2.75) is 25.4 Å². The predicted octanol–water partition coefficient (Wildman–Crippen LogP) is 4.63. The molecule has 3 nitrogen and oxygen atoms in total. The molecule has 0 unspecified atom stereocenters. The Morgan fingerprint density at radius 1 is 1.36 bits per heavy atom. The van der Waals surface area contributed by atoms with Crippen LogP contribution >= 0.6 is 22.9 Å².